The van der Waals surface area contributed by atoms with Crippen LogP contribution in [0.4, 0.5) is 0 Å². The third-order valence-electron chi connectivity index (χ3n) is 2.52. The van der Waals surface area contributed by atoms with Gasteiger partial charge in [0.1, 0.15) is 0 Å². The van der Waals surface area contributed by atoms with Crippen molar-refractivity contribution in [3.63, 3.8) is 0 Å². The van der Waals surface area contributed by atoms with Crippen LogP contribution in [0.1, 0.15) is 12.0 Å². The average Bonchev–Trinajstić information content (AvgIpc) is 2.36. The number of hydrogen-bond donors (Lipinski definition) is 2. The molecule has 1 unspecified atom stereocenters. The zero-order valence-corrected chi connectivity index (χ0v) is 12.8. The summed E-state index contributed by atoms with van der Waals surface area (Å²) in [4.78, 5) is 0.255. The molecular formula is C12H20N2O3S2. The Morgan fingerprint density at radius 1 is 1.21 bits per heavy atom. The van der Waals surface area contributed by atoms with Gasteiger partial charge in [0, 0.05) is 35.9 Å². The molecule has 0 fully saturated rings. The molecule has 19 heavy (non-hydrogen) atoms. The predicted molar refractivity (Wildman–Crippen MR) is 77.9 cm³/mol. The zero-order chi connectivity index (χ0) is 14.3. The molecule has 108 valence electrons. The highest BCUT2D eigenvalue weighted by Crippen LogP contribution is 2.10. The normalized spacial score (nSPS) is 13.4. The molecule has 1 atom stereocenters. The van der Waals surface area contributed by atoms with E-state index in [2.05, 4.69) is 10.0 Å². The maximum atomic E-state index is 11.9. The Kier molecular flexibility index (Phi) is 6.64. The van der Waals surface area contributed by atoms with Gasteiger partial charge in [0.15, 0.2) is 0 Å². The predicted octanol–water partition coefficient (Wildman–Crippen LogP) is 0.453. The van der Waals surface area contributed by atoms with Gasteiger partial charge in [-0.3, -0.25) is 4.21 Å². The van der Waals surface area contributed by atoms with Crippen LogP contribution in [0.25, 0.3) is 0 Å². The molecule has 0 bridgehead atoms. The van der Waals surface area contributed by atoms with Gasteiger partial charge in [-0.05, 0) is 31.2 Å². The summed E-state index contributed by atoms with van der Waals surface area (Å²) in [5, 5.41) is 3.00. The van der Waals surface area contributed by atoms with E-state index in [1.54, 1.807) is 30.5 Å². The van der Waals surface area contributed by atoms with Crippen LogP contribution >= 0.6 is 0 Å². The van der Waals surface area contributed by atoms with Crippen molar-refractivity contribution in [2.45, 2.75) is 17.9 Å². The summed E-state index contributed by atoms with van der Waals surface area (Å²) in [6.45, 7) is 1.01. The number of benzene rings is 1. The van der Waals surface area contributed by atoms with Crippen LogP contribution in [-0.4, -0.2) is 38.2 Å². The van der Waals surface area contributed by atoms with E-state index in [4.69, 9.17) is 0 Å². The Hall–Kier alpha value is -0.760. The summed E-state index contributed by atoms with van der Waals surface area (Å²) < 4.78 is 37.3. The lowest BCUT2D eigenvalue weighted by atomic mass is 10.2. The molecule has 5 nitrogen and oxygen atoms in total. The third-order valence-corrected chi connectivity index (χ3v) is 4.86. The minimum absolute atomic E-state index is 0.255. The van der Waals surface area contributed by atoms with Crippen molar-refractivity contribution in [3.8, 4) is 0 Å². The van der Waals surface area contributed by atoms with Crippen molar-refractivity contribution < 1.29 is 12.6 Å². The molecule has 1 aromatic carbocycles. The molecule has 0 saturated carbocycles. The molecule has 0 aliphatic heterocycles. The lowest BCUT2D eigenvalue weighted by Crippen LogP contribution is -2.25. The van der Waals surface area contributed by atoms with Crippen LogP contribution in [-0.2, 0) is 27.4 Å². The van der Waals surface area contributed by atoms with E-state index in [0.717, 1.165) is 5.56 Å². The summed E-state index contributed by atoms with van der Waals surface area (Å²) in [6.07, 6.45) is 2.18. The Labute approximate surface area is 117 Å². The maximum absolute atomic E-state index is 11.9. The zero-order valence-electron chi connectivity index (χ0n) is 11.2. The van der Waals surface area contributed by atoms with Gasteiger partial charge < -0.3 is 5.32 Å². The maximum Gasteiger partial charge on any atom is 0.240 e. The second-order valence-electron chi connectivity index (χ2n) is 4.20. The third kappa shape index (κ3) is 5.82. The molecular weight excluding hydrogens is 284 g/mol. The van der Waals surface area contributed by atoms with E-state index < -0.39 is 20.8 Å². The topological polar surface area (TPSA) is 75.3 Å². The molecule has 0 saturated heterocycles. The molecule has 0 aromatic heterocycles. The smallest absolute Gasteiger partial charge is 0.240 e. The first-order valence-corrected chi connectivity index (χ1v) is 9.20. The Bertz CT molecular complexity index is 512. The van der Waals surface area contributed by atoms with Gasteiger partial charge >= 0.3 is 0 Å². The monoisotopic (exact) mass is 304 g/mol. The van der Waals surface area contributed by atoms with E-state index in [1.165, 1.54) is 0 Å². The van der Waals surface area contributed by atoms with Crippen LogP contribution < -0.4 is 10.0 Å². The van der Waals surface area contributed by atoms with E-state index in [0.29, 0.717) is 25.3 Å². The second kappa shape index (κ2) is 7.74. The Balaban J connectivity index is 2.59. The van der Waals surface area contributed by atoms with E-state index >= 15 is 0 Å². The number of rotatable bonds is 8. The first kappa shape index (κ1) is 16.3. The Morgan fingerprint density at radius 3 is 2.37 bits per heavy atom. The fraction of sp³-hybridized carbons (Fsp3) is 0.500. The fourth-order valence-corrected chi connectivity index (χ4v) is 3.18. The molecule has 0 aliphatic rings. The molecule has 0 amide bonds. The number of nitrogens with one attached hydrogen (secondary N) is 2. The van der Waals surface area contributed by atoms with Gasteiger partial charge in [-0.15, -0.1) is 0 Å². The van der Waals surface area contributed by atoms with Gasteiger partial charge in [-0.25, -0.2) is 13.1 Å². The van der Waals surface area contributed by atoms with Gasteiger partial charge in [-0.1, -0.05) is 12.1 Å². The fourth-order valence-electron chi connectivity index (χ4n) is 1.56. The first-order chi connectivity index (χ1) is 8.95. The molecule has 0 spiro atoms. The highest BCUT2D eigenvalue weighted by Gasteiger charge is 2.12. The molecule has 0 aliphatic carbocycles. The lowest BCUT2D eigenvalue weighted by Gasteiger charge is -2.07. The van der Waals surface area contributed by atoms with E-state index in [9.17, 15) is 12.6 Å². The minimum atomic E-state index is -3.46. The van der Waals surface area contributed by atoms with Crippen LogP contribution in [0.5, 0.6) is 0 Å². The van der Waals surface area contributed by atoms with E-state index in [-0.39, 0.29) is 4.90 Å². The Morgan fingerprint density at radius 2 is 1.84 bits per heavy atom. The molecule has 1 rings (SSSR count). The number of hydrogen-bond acceptors (Lipinski definition) is 4. The van der Waals surface area contributed by atoms with Gasteiger partial charge in [0.2, 0.25) is 10.0 Å². The molecule has 1 aromatic rings. The summed E-state index contributed by atoms with van der Waals surface area (Å²) in [5.74, 6) is 0.504. The van der Waals surface area contributed by atoms with Gasteiger partial charge in [-0.2, -0.15) is 0 Å². The second-order valence-corrected chi connectivity index (χ2v) is 7.52. The van der Waals surface area contributed by atoms with E-state index in [1.807, 2.05) is 7.05 Å². The van der Waals surface area contributed by atoms with Crippen molar-refractivity contribution in [2.75, 3.05) is 25.6 Å². The molecule has 2 N–H and O–H groups in total. The molecule has 7 heteroatoms. The highest BCUT2D eigenvalue weighted by atomic mass is 32.2. The summed E-state index contributed by atoms with van der Waals surface area (Å²) in [6, 6.07) is 6.75. The first-order valence-electron chi connectivity index (χ1n) is 5.99. The lowest BCUT2D eigenvalue weighted by molar-refractivity contribution is 0.580. The quantitative estimate of drug-likeness (QED) is 0.684. The average molecular weight is 304 g/mol. The SMILES string of the molecule is CNCc1ccc(S(=O)(=O)NCCCS(C)=O)cc1. The van der Waals surface area contributed by atoms with Crippen molar-refractivity contribution in [2.24, 2.45) is 0 Å². The van der Waals surface area contributed by atoms with Crippen molar-refractivity contribution in [3.05, 3.63) is 29.8 Å². The minimum Gasteiger partial charge on any atom is -0.316 e. The summed E-state index contributed by atoms with van der Waals surface area (Å²) in [5.41, 5.74) is 1.03. The standard InChI is InChI=1S/C12H20N2O3S2/c1-13-10-11-4-6-12(7-5-11)19(16,17)14-8-3-9-18(2)15/h4-7,13-14H,3,8-10H2,1-2H3. The number of sulfonamides is 1. The van der Waals surface area contributed by atoms with Crippen molar-refractivity contribution in [1.29, 1.82) is 0 Å². The van der Waals surface area contributed by atoms with Crippen LogP contribution in [0.2, 0.25) is 0 Å². The van der Waals surface area contributed by atoms with Crippen LogP contribution in [0.15, 0.2) is 29.2 Å². The highest BCUT2D eigenvalue weighted by molar-refractivity contribution is 7.89. The largest absolute Gasteiger partial charge is 0.316 e. The molecule has 0 radical (unpaired) electrons. The summed E-state index contributed by atoms with van der Waals surface area (Å²) in [7, 11) is -2.51. The summed E-state index contributed by atoms with van der Waals surface area (Å²) >= 11 is 0. The molecule has 0 heterocycles. The van der Waals surface area contributed by atoms with Gasteiger partial charge in [0.05, 0.1) is 4.90 Å². The van der Waals surface area contributed by atoms with Crippen LogP contribution in [0.3, 0.4) is 0 Å². The van der Waals surface area contributed by atoms with Gasteiger partial charge in [0.25, 0.3) is 0 Å². The van der Waals surface area contributed by atoms with Crippen molar-refractivity contribution >= 4 is 20.8 Å². The van der Waals surface area contributed by atoms with Crippen LogP contribution in [0, 0.1) is 0 Å². The van der Waals surface area contributed by atoms with Crippen molar-refractivity contribution in [1.82, 2.24) is 10.0 Å².